The van der Waals surface area contributed by atoms with E-state index in [4.69, 9.17) is 5.73 Å². The van der Waals surface area contributed by atoms with E-state index < -0.39 is 0 Å². The highest BCUT2D eigenvalue weighted by molar-refractivity contribution is 5.70. The number of aryl methyl sites for hydroxylation is 1. The summed E-state index contributed by atoms with van der Waals surface area (Å²) in [6.07, 6.45) is 2.54. The first-order valence-corrected chi connectivity index (χ1v) is 7.03. The number of nitro groups is 1. The van der Waals surface area contributed by atoms with Crippen LogP contribution in [0.15, 0.2) is 42.6 Å². The third kappa shape index (κ3) is 2.33. The van der Waals surface area contributed by atoms with E-state index in [9.17, 15) is 10.1 Å². The van der Waals surface area contributed by atoms with Gasteiger partial charge in [0.05, 0.1) is 16.3 Å². The van der Waals surface area contributed by atoms with Crippen LogP contribution in [0.5, 0.6) is 0 Å². The monoisotopic (exact) mass is 296 g/mol. The molecule has 0 aliphatic heterocycles. The maximum absolute atomic E-state index is 11.0. The number of imidazole rings is 1. The van der Waals surface area contributed by atoms with Crippen LogP contribution in [-0.2, 0) is 6.42 Å². The lowest BCUT2D eigenvalue weighted by molar-refractivity contribution is -0.384. The van der Waals surface area contributed by atoms with Crippen LogP contribution in [0, 0.1) is 17.0 Å². The predicted molar refractivity (Wildman–Crippen MR) is 84.8 cm³/mol. The second-order valence-corrected chi connectivity index (χ2v) is 5.14. The van der Waals surface area contributed by atoms with Crippen molar-refractivity contribution in [2.45, 2.75) is 13.3 Å². The molecular weight excluding hydrogens is 280 g/mol. The molecule has 6 nitrogen and oxygen atoms in total. The molecule has 0 unspecified atom stereocenters. The number of hydrogen-bond acceptors (Lipinski definition) is 4. The van der Waals surface area contributed by atoms with Crippen molar-refractivity contribution in [3.8, 4) is 11.3 Å². The summed E-state index contributed by atoms with van der Waals surface area (Å²) in [5.41, 5.74) is 10.2. The van der Waals surface area contributed by atoms with Gasteiger partial charge in [-0.05, 0) is 25.1 Å². The standard InChI is InChI=1S/C16H16N4O2/c1-11-4-3-9-19-15(14(7-8-17)18-16(11)19)12-5-2-6-13(10-12)20(21)22/h2-6,9-10H,7-8,17H2,1H3. The predicted octanol–water partition coefficient (Wildman–Crippen LogP) is 2.72. The zero-order chi connectivity index (χ0) is 15.7. The number of benzene rings is 1. The maximum atomic E-state index is 11.0. The van der Waals surface area contributed by atoms with E-state index in [1.807, 2.05) is 35.7 Å². The van der Waals surface area contributed by atoms with Gasteiger partial charge in [0.25, 0.3) is 5.69 Å². The average Bonchev–Trinajstić information content (AvgIpc) is 2.87. The van der Waals surface area contributed by atoms with Crippen molar-refractivity contribution in [3.05, 3.63) is 64.0 Å². The van der Waals surface area contributed by atoms with Gasteiger partial charge in [-0.25, -0.2) is 4.98 Å². The first-order chi connectivity index (χ1) is 10.6. The van der Waals surface area contributed by atoms with E-state index in [0.29, 0.717) is 13.0 Å². The fourth-order valence-corrected chi connectivity index (χ4v) is 2.63. The van der Waals surface area contributed by atoms with Crippen LogP contribution < -0.4 is 5.73 Å². The van der Waals surface area contributed by atoms with Crippen molar-refractivity contribution in [2.75, 3.05) is 6.54 Å². The van der Waals surface area contributed by atoms with Gasteiger partial charge in [0, 0.05) is 30.3 Å². The second kappa shape index (κ2) is 5.57. The van der Waals surface area contributed by atoms with Crippen LogP contribution in [-0.4, -0.2) is 20.9 Å². The largest absolute Gasteiger partial charge is 0.330 e. The number of pyridine rings is 1. The Morgan fingerprint density at radius 2 is 2.14 bits per heavy atom. The fraction of sp³-hybridized carbons (Fsp3) is 0.188. The number of rotatable bonds is 4. The molecule has 2 heterocycles. The zero-order valence-electron chi connectivity index (χ0n) is 12.2. The molecular formula is C16H16N4O2. The lowest BCUT2D eigenvalue weighted by atomic mass is 10.1. The number of nitrogens with two attached hydrogens (primary N) is 1. The van der Waals surface area contributed by atoms with Gasteiger partial charge in [0.1, 0.15) is 5.65 Å². The Kier molecular flexibility index (Phi) is 3.60. The van der Waals surface area contributed by atoms with E-state index >= 15 is 0 Å². The van der Waals surface area contributed by atoms with Crippen molar-refractivity contribution in [2.24, 2.45) is 5.73 Å². The molecule has 3 aromatic rings. The highest BCUT2D eigenvalue weighted by Gasteiger charge is 2.16. The Labute approximate surface area is 127 Å². The Morgan fingerprint density at radius 3 is 2.86 bits per heavy atom. The van der Waals surface area contributed by atoms with Crippen LogP contribution in [0.25, 0.3) is 16.9 Å². The minimum absolute atomic E-state index is 0.0683. The molecule has 0 aliphatic rings. The molecule has 0 saturated heterocycles. The average molecular weight is 296 g/mol. The molecule has 0 spiro atoms. The van der Waals surface area contributed by atoms with Crippen molar-refractivity contribution in [1.82, 2.24) is 9.38 Å². The molecule has 0 saturated carbocycles. The van der Waals surface area contributed by atoms with Gasteiger partial charge in [-0.3, -0.25) is 14.5 Å². The van der Waals surface area contributed by atoms with Crippen molar-refractivity contribution in [3.63, 3.8) is 0 Å². The number of fused-ring (bicyclic) bond motifs is 1. The third-order valence-electron chi connectivity index (χ3n) is 3.63. The Bertz CT molecular complexity index is 854. The highest BCUT2D eigenvalue weighted by atomic mass is 16.6. The number of aromatic nitrogens is 2. The molecule has 22 heavy (non-hydrogen) atoms. The Hall–Kier alpha value is -2.73. The SMILES string of the molecule is Cc1cccn2c(-c3cccc([N+](=O)[O-])c3)c(CCN)nc12. The van der Waals surface area contributed by atoms with Gasteiger partial charge >= 0.3 is 0 Å². The van der Waals surface area contributed by atoms with Gasteiger partial charge in [0.15, 0.2) is 0 Å². The van der Waals surface area contributed by atoms with Crippen molar-refractivity contribution < 1.29 is 4.92 Å². The summed E-state index contributed by atoms with van der Waals surface area (Å²) in [6.45, 7) is 2.47. The lowest BCUT2D eigenvalue weighted by Gasteiger charge is -2.05. The Morgan fingerprint density at radius 1 is 1.32 bits per heavy atom. The molecule has 0 bridgehead atoms. The molecule has 0 aliphatic carbocycles. The first-order valence-electron chi connectivity index (χ1n) is 7.03. The van der Waals surface area contributed by atoms with Gasteiger partial charge in [-0.1, -0.05) is 18.2 Å². The first kappa shape index (κ1) is 14.2. The summed E-state index contributed by atoms with van der Waals surface area (Å²) >= 11 is 0. The zero-order valence-corrected chi connectivity index (χ0v) is 12.2. The fourth-order valence-electron chi connectivity index (χ4n) is 2.63. The van der Waals surface area contributed by atoms with E-state index in [1.54, 1.807) is 12.1 Å². The quantitative estimate of drug-likeness (QED) is 0.592. The second-order valence-electron chi connectivity index (χ2n) is 5.14. The molecule has 2 N–H and O–H groups in total. The smallest absolute Gasteiger partial charge is 0.270 e. The molecule has 2 aromatic heterocycles. The normalized spacial score (nSPS) is 11.0. The van der Waals surface area contributed by atoms with E-state index in [2.05, 4.69) is 4.98 Å². The third-order valence-corrected chi connectivity index (χ3v) is 3.63. The van der Waals surface area contributed by atoms with Crippen molar-refractivity contribution in [1.29, 1.82) is 0 Å². The molecule has 0 radical (unpaired) electrons. The highest BCUT2D eigenvalue weighted by Crippen LogP contribution is 2.29. The summed E-state index contributed by atoms with van der Waals surface area (Å²) in [7, 11) is 0. The molecule has 0 fully saturated rings. The van der Waals surface area contributed by atoms with Crippen LogP contribution in [0.1, 0.15) is 11.3 Å². The number of nitrogens with zero attached hydrogens (tertiary/aromatic N) is 3. The molecule has 3 rings (SSSR count). The van der Waals surface area contributed by atoms with Crippen LogP contribution in [0.3, 0.4) is 0 Å². The maximum Gasteiger partial charge on any atom is 0.270 e. The molecule has 0 amide bonds. The number of non-ortho nitro benzene ring substituents is 1. The number of nitro benzene ring substituents is 1. The van der Waals surface area contributed by atoms with E-state index in [0.717, 1.165) is 28.2 Å². The minimum Gasteiger partial charge on any atom is -0.330 e. The van der Waals surface area contributed by atoms with Gasteiger partial charge in [-0.15, -0.1) is 0 Å². The van der Waals surface area contributed by atoms with Crippen molar-refractivity contribution >= 4 is 11.3 Å². The van der Waals surface area contributed by atoms with Gasteiger partial charge in [0.2, 0.25) is 0 Å². The lowest BCUT2D eigenvalue weighted by Crippen LogP contribution is -2.04. The van der Waals surface area contributed by atoms with Gasteiger partial charge in [-0.2, -0.15) is 0 Å². The van der Waals surface area contributed by atoms with Crippen LogP contribution in [0.2, 0.25) is 0 Å². The summed E-state index contributed by atoms with van der Waals surface area (Å²) in [6, 6.07) is 10.5. The van der Waals surface area contributed by atoms with Crippen LogP contribution in [0.4, 0.5) is 5.69 Å². The minimum atomic E-state index is -0.388. The summed E-state index contributed by atoms with van der Waals surface area (Å²) in [5.74, 6) is 0. The number of hydrogen-bond donors (Lipinski definition) is 1. The van der Waals surface area contributed by atoms with E-state index in [1.165, 1.54) is 6.07 Å². The topological polar surface area (TPSA) is 86.5 Å². The Balaban J connectivity index is 2.28. The molecule has 6 heteroatoms. The molecule has 1 aromatic carbocycles. The molecule has 112 valence electrons. The summed E-state index contributed by atoms with van der Waals surface area (Å²) in [4.78, 5) is 15.3. The van der Waals surface area contributed by atoms with E-state index in [-0.39, 0.29) is 10.6 Å². The molecule has 0 atom stereocenters. The summed E-state index contributed by atoms with van der Waals surface area (Å²) in [5, 5.41) is 11.0. The summed E-state index contributed by atoms with van der Waals surface area (Å²) < 4.78 is 1.97. The van der Waals surface area contributed by atoms with Gasteiger partial charge < -0.3 is 5.73 Å². The van der Waals surface area contributed by atoms with Crippen LogP contribution >= 0.6 is 0 Å².